The molecule has 1 spiro atoms. The third-order valence-corrected chi connectivity index (χ3v) is 6.03. The van der Waals surface area contributed by atoms with E-state index < -0.39 is 17.3 Å². The van der Waals surface area contributed by atoms with Crippen molar-refractivity contribution in [2.75, 3.05) is 0 Å². The molecule has 3 aliphatic rings. The summed E-state index contributed by atoms with van der Waals surface area (Å²) in [6.45, 7) is 0. The quantitative estimate of drug-likeness (QED) is 0.788. The van der Waals surface area contributed by atoms with Crippen molar-refractivity contribution >= 4 is 23.3 Å². The zero-order chi connectivity index (χ0) is 18.5. The van der Waals surface area contributed by atoms with E-state index in [-0.39, 0.29) is 30.0 Å². The second kappa shape index (κ2) is 6.11. The Morgan fingerprint density at radius 2 is 1.85 bits per heavy atom. The summed E-state index contributed by atoms with van der Waals surface area (Å²) < 4.78 is 1.91. The molecule has 1 aliphatic heterocycles. The van der Waals surface area contributed by atoms with E-state index in [1.54, 1.807) is 0 Å². The summed E-state index contributed by atoms with van der Waals surface area (Å²) in [5.41, 5.74) is 0.624. The highest BCUT2D eigenvalue weighted by molar-refractivity contribution is 6.27. The number of allylic oxidation sites excluding steroid dienone is 1. The summed E-state index contributed by atoms with van der Waals surface area (Å²) in [6, 6.07) is 1.97. The number of carbonyl (C=O) groups is 3. The Morgan fingerprint density at radius 1 is 1.15 bits per heavy atom. The summed E-state index contributed by atoms with van der Waals surface area (Å²) in [5.74, 6) is -1.87. The van der Waals surface area contributed by atoms with E-state index in [1.807, 2.05) is 16.8 Å². The van der Waals surface area contributed by atoms with Crippen LogP contribution in [0.1, 0.15) is 75.0 Å². The zero-order valence-corrected chi connectivity index (χ0v) is 14.7. The summed E-state index contributed by atoms with van der Waals surface area (Å²) in [7, 11) is 0. The number of aliphatic hydroxyl groups excluding tert-OH is 1. The van der Waals surface area contributed by atoms with Crippen LogP contribution in [0.25, 0.3) is 5.76 Å². The molecule has 26 heavy (non-hydrogen) atoms. The molecule has 0 atom stereocenters. The number of ketones is 2. The second-order valence-corrected chi connectivity index (χ2v) is 7.73. The average molecular weight is 357 g/mol. The summed E-state index contributed by atoms with van der Waals surface area (Å²) >= 11 is 0. The summed E-state index contributed by atoms with van der Waals surface area (Å²) in [5, 5.41) is 19.7. The molecular formula is C20H23NO5. The normalized spacial score (nSPS) is 21.8. The first-order valence-corrected chi connectivity index (χ1v) is 9.41. The molecule has 2 fully saturated rings. The lowest BCUT2D eigenvalue weighted by Gasteiger charge is -2.41. The molecule has 0 saturated heterocycles. The molecule has 0 aromatic carbocycles. The minimum Gasteiger partial charge on any atom is -0.505 e. The molecule has 6 heteroatoms. The van der Waals surface area contributed by atoms with Crippen LogP contribution in [-0.4, -0.2) is 32.3 Å². The van der Waals surface area contributed by atoms with Gasteiger partial charge in [0.25, 0.3) is 0 Å². The largest absolute Gasteiger partial charge is 0.505 e. The van der Waals surface area contributed by atoms with Crippen LogP contribution in [0.15, 0.2) is 17.8 Å². The summed E-state index contributed by atoms with van der Waals surface area (Å²) in [4.78, 5) is 36.8. The van der Waals surface area contributed by atoms with Gasteiger partial charge in [0.15, 0.2) is 17.3 Å². The lowest BCUT2D eigenvalue weighted by atomic mass is 9.72. The Kier molecular flexibility index (Phi) is 4.01. The van der Waals surface area contributed by atoms with Gasteiger partial charge in [0.2, 0.25) is 0 Å². The number of carboxylic acids is 1. The highest BCUT2D eigenvalue weighted by atomic mass is 16.4. The van der Waals surface area contributed by atoms with Gasteiger partial charge in [-0.15, -0.1) is 0 Å². The smallest absolute Gasteiger partial charge is 0.303 e. The predicted octanol–water partition coefficient (Wildman–Crippen LogP) is 3.31. The molecule has 2 aliphatic carbocycles. The van der Waals surface area contributed by atoms with Gasteiger partial charge in [-0.1, -0.05) is 19.3 Å². The molecule has 0 radical (unpaired) electrons. The molecule has 1 aromatic heterocycles. The van der Waals surface area contributed by atoms with Gasteiger partial charge in [-0.25, -0.2) is 0 Å². The maximum absolute atomic E-state index is 13.3. The third kappa shape index (κ3) is 2.50. The number of aliphatic carboxylic acids is 1. The molecule has 2 saturated carbocycles. The van der Waals surface area contributed by atoms with Crippen LogP contribution in [-0.2, 0) is 19.9 Å². The summed E-state index contributed by atoms with van der Waals surface area (Å²) in [6.07, 6.45) is 7.55. The monoisotopic (exact) mass is 357 g/mol. The van der Waals surface area contributed by atoms with Crippen molar-refractivity contribution in [1.82, 2.24) is 4.57 Å². The van der Waals surface area contributed by atoms with Crippen LogP contribution in [0.5, 0.6) is 0 Å². The predicted molar refractivity (Wildman–Crippen MR) is 93.9 cm³/mol. The fourth-order valence-electron chi connectivity index (χ4n) is 4.56. The van der Waals surface area contributed by atoms with E-state index in [4.69, 9.17) is 5.11 Å². The van der Waals surface area contributed by atoms with Crippen molar-refractivity contribution in [3.63, 3.8) is 0 Å². The van der Waals surface area contributed by atoms with Crippen molar-refractivity contribution in [2.45, 2.75) is 69.2 Å². The number of aromatic nitrogens is 1. The first kappa shape index (κ1) is 17.1. The van der Waals surface area contributed by atoms with Crippen LogP contribution in [0.4, 0.5) is 0 Å². The number of carboxylic acid groups (broad SMARTS) is 1. The van der Waals surface area contributed by atoms with Crippen LogP contribution < -0.4 is 0 Å². The molecule has 2 heterocycles. The standard InChI is InChI=1S/C20H23NO5/c22-14(6-7-15(23)24)16-18(25)17-13(12-4-5-12)8-11-21(17)20(19(16)26)9-2-1-3-10-20/h8,11-12,25H,1-7,9-10H2,(H,23,24). The number of rotatable bonds is 5. The van der Waals surface area contributed by atoms with E-state index in [0.717, 1.165) is 37.7 Å². The molecule has 1 aromatic rings. The number of carbonyl (C=O) groups excluding carboxylic acids is 2. The van der Waals surface area contributed by atoms with Gasteiger partial charge in [-0.3, -0.25) is 14.4 Å². The fourth-order valence-corrected chi connectivity index (χ4v) is 4.56. The Hall–Kier alpha value is -2.37. The van der Waals surface area contributed by atoms with Crippen LogP contribution in [0, 0.1) is 0 Å². The maximum Gasteiger partial charge on any atom is 0.303 e. The SMILES string of the molecule is O=C(O)CCC(=O)C1=C(O)c2c(C3CC3)ccn2C2(CCCCC2)C1=O. The number of hydrogen-bond donors (Lipinski definition) is 2. The fraction of sp³-hybridized carbons (Fsp3) is 0.550. The van der Waals surface area contributed by atoms with Crippen molar-refractivity contribution in [3.8, 4) is 0 Å². The Labute approximate surface area is 151 Å². The minimum atomic E-state index is -1.09. The number of aliphatic hydroxyl groups is 1. The highest BCUT2D eigenvalue weighted by Gasteiger charge is 2.50. The first-order valence-electron chi connectivity index (χ1n) is 9.41. The van der Waals surface area contributed by atoms with Gasteiger partial charge in [-0.05, 0) is 43.2 Å². The minimum absolute atomic E-state index is 0.179. The van der Waals surface area contributed by atoms with Crippen LogP contribution in [0.2, 0.25) is 0 Å². The van der Waals surface area contributed by atoms with E-state index in [9.17, 15) is 19.5 Å². The molecule has 0 unspecified atom stereocenters. The Bertz CT molecular complexity index is 821. The van der Waals surface area contributed by atoms with Gasteiger partial charge in [-0.2, -0.15) is 0 Å². The van der Waals surface area contributed by atoms with E-state index in [0.29, 0.717) is 24.5 Å². The van der Waals surface area contributed by atoms with Gasteiger partial charge >= 0.3 is 5.97 Å². The Morgan fingerprint density at radius 3 is 2.46 bits per heavy atom. The van der Waals surface area contributed by atoms with Crippen molar-refractivity contribution in [2.24, 2.45) is 0 Å². The van der Waals surface area contributed by atoms with Crippen LogP contribution >= 0.6 is 0 Å². The van der Waals surface area contributed by atoms with E-state index >= 15 is 0 Å². The second-order valence-electron chi connectivity index (χ2n) is 7.73. The number of Topliss-reactive ketones (excluding diaryl/α,β-unsaturated/α-hetero) is 2. The third-order valence-electron chi connectivity index (χ3n) is 6.03. The highest BCUT2D eigenvalue weighted by Crippen LogP contribution is 2.50. The van der Waals surface area contributed by atoms with Gasteiger partial charge in [0.05, 0.1) is 12.1 Å². The molecule has 4 rings (SSSR count). The first-order chi connectivity index (χ1) is 12.5. The average Bonchev–Trinajstić information content (AvgIpc) is 3.37. The lowest BCUT2D eigenvalue weighted by molar-refractivity contribution is -0.138. The molecule has 6 nitrogen and oxygen atoms in total. The zero-order valence-electron chi connectivity index (χ0n) is 14.7. The lowest BCUT2D eigenvalue weighted by Crippen LogP contribution is -2.48. The Balaban J connectivity index is 1.84. The molecule has 0 amide bonds. The molecule has 0 bridgehead atoms. The molecule has 2 N–H and O–H groups in total. The van der Waals surface area contributed by atoms with Gasteiger partial charge < -0.3 is 14.8 Å². The van der Waals surface area contributed by atoms with Gasteiger partial charge in [0, 0.05) is 12.6 Å². The topological polar surface area (TPSA) is 96.6 Å². The van der Waals surface area contributed by atoms with Crippen molar-refractivity contribution in [1.29, 1.82) is 0 Å². The van der Waals surface area contributed by atoms with Crippen molar-refractivity contribution < 1.29 is 24.6 Å². The maximum atomic E-state index is 13.3. The molecule has 138 valence electrons. The van der Waals surface area contributed by atoms with Crippen LogP contribution in [0.3, 0.4) is 0 Å². The van der Waals surface area contributed by atoms with E-state index in [2.05, 4.69) is 0 Å². The van der Waals surface area contributed by atoms with Gasteiger partial charge in [0.1, 0.15) is 11.1 Å². The number of fused-ring (bicyclic) bond motifs is 2. The van der Waals surface area contributed by atoms with Crippen molar-refractivity contribution in [3.05, 3.63) is 29.1 Å². The van der Waals surface area contributed by atoms with E-state index in [1.165, 1.54) is 0 Å². The number of nitrogens with zero attached hydrogens (tertiary/aromatic N) is 1. The number of hydrogen-bond acceptors (Lipinski definition) is 4. The molecular weight excluding hydrogens is 334 g/mol.